The Hall–Kier alpha value is -1.19. The summed E-state index contributed by atoms with van der Waals surface area (Å²) in [5.41, 5.74) is 0.438. The number of aromatic nitrogens is 2. The summed E-state index contributed by atoms with van der Waals surface area (Å²) in [6.45, 7) is 0.420. The molecular formula is C9H12FN3. The van der Waals surface area contributed by atoms with Crippen molar-refractivity contribution in [3.05, 3.63) is 18.1 Å². The Kier molecular flexibility index (Phi) is 2.38. The third-order valence-corrected chi connectivity index (χ3v) is 2.13. The summed E-state index contributed by atoms with van der Waals surface area (Å²) < 4.78 is 12.2. The predicted molar refractivity (Wildman–Crippen MR) is 48.1 cm³/mol. The smallest absolute Gasteiger partial charge is 0.132 e. The summed E-state index contributed by atoms with van der Waals surface area (Å²) in [5.74, 6) is 1.53. The van der Waals surface area contributed by atoms with Crippen LogP contribution in [0.2, 0.25) is 0 Å². The van der Waals surface area contributed by atoms with E-state index in [2.05, 4.69) is 15.3 Å². The SMILES string of the molecule is FCc1cc(NCC2CC2)ncn1. The Balaban J connectivity index is 1.93. The monoisotopic (exact) mass is 181 g/mol. The normalized spacial score (nSPS) is 15.8. The molecule has 4 heteroatoms. The fraction of sp³-hybridized carbons (Fsp3) is 0.556. The van der Waals surface area contributed by atoms with E-state index in [-0.39, 0.29) is 0 Å². The van der Waals surface area contributed by atoms with Gasteiger partial charge in [-0.15, -0.1) is 0 Å². The van der Waals surface area contributed by atoms with Crippen molar-refractivity contribution in [3.63, 3.8) is 0 Å². The predicted octanol–water partition coefficient (Wildman–Crippen LogP) is 1.77. The van der Waals surface area contributed by atoms with Gasteiger partial charge in [-0.2, -0.15) is 0 Å². The summed E-state index contributed by atoms with van der Waals surface area (Å²) >= 11 is 0. The van der Waals surface area contributed by atoms with Crippen LogP contribution in [0.25, 0.3) is 0 Å². The first-order chi connectivity index (χ1) is 6.38. The average Bonchev–Trinajstić information content (AvgIpc) is 2.99. The minimum atomic E-state index is -0.527. The Morgan fingerprint density at radius 3 is 3.00 bits per heavy atom. The van der Waals surface area contributed by atoms with Gasteiger partial charge < -0.3 is 5.32 Å². The topological polar surface area (TPSA) is 37.8 Å². The summed E-state index contributed by atoms with van der Waals surface area (Å²) in [7, 11) is 0. The highest BCUT2D eigenvalue weighted by atomic mass is 19.1. The van der Waals surface area contributed by atoms with Gasteiger partial charge in [0, 0.05) is 12.6 Å². The van der Waals surface area contributed by atoms with E-state index in [4.69, 9.17) is 0 Å². The maximum absolute atomic E-state index is 12.2. The van der Waals surface area contributed by atoms with Crippen LogP contribution in [0.3, 0.4) is 0 Å². The molecule has 1 aromatic rings. The van der Waals surface area contributed by atoms with Crippen molar-refractivity contribution in [2.75, 3.05) is 11.9 Å². The molecule has 1 aromatic heterocycles. The van der Waals surface area contributed by atoms with Gasteiger partial charge in [0.1, 0.15) is 18.8 Å². The number of anilines is 1. The van der Waals surface area contributed by atoms with Crippen LogP contribution < -0.4 is 5.32 Å². The summed E-state index contributed by atoms with van der Waals surface area (Å²) in [4.78, 5) is 7.77. The fourth-order valence-electron chi connectivity index (χ4n) is 1.14. The molecule has 0 aromatic carbocycles. The molecule has 0 aliphatic heterocycles. The molecule has 0 radical (unpaired) electrons. The number of hydrogen-bond donors (Lipinski definition) is 1. The molecule has 1 heterocycles. The van der Waals surface area contributed by atoms with Gasteiger partial charge in [-0.25, -0.2) is 14.4 Å². The second kappa shape index (κ2) is 3.68. The first-order valence-corrected chi connectivity index (χ1v) is 4.49. The zero-order valence-electron chi connectivity index (χ0n) is 7.33. The van der Waals surface area contributed by atoms with Crippen molar-refractivity contribution in [1.82, 2.24) is 9.97 Å². The molecule has 1 fully saturated rings. The van der Waals surface area contributed by atoms with Crippen molar-refractivity contribution < 1.29 is 4.39 Å². The largest absolute Gasteiger partial charge is 0.370 e. The van der Waals surface area contributed by atoms with Crippen LogP contribution in [0, 0.1) is 5.92 Å². The number of halogens is 1. The number of nitrogens with zero attached hydrogens (tertiary/aromatic N) is 2. The molecule has 1 aliphatic rings. The number of hydrogen-bond acceptors (Lipinski definition) is 3. The molecule has 0 bridgehead atoms. The van der Waals surface area contributed by atoms with Crippen LogP contribution in [0.4, 0.5) is 10.2 Å². The highest BCUT2D eigenvalue weighted by Gasteiger charge is 2.20. The lowest BCUT2D eigenvalue weighted by Gasteiger charge is -2.03. The maximum atomic E-state index is 12.2. The van der Waals surface area contributed by atoms with Crippen molar-refractivity contribution >= 4 is 5.82 Å². The first-order valence-electron chi connectivity index (χ1n) is 4.49. The zero-order valence-corrected chi connectivity index (χ0v) is 7.33. The van der Waals surface area contributed by atoms with E-state index in [1.807, 2.05) is 0 Å². The van der Waals surface area contributed by atoms with E-state index < -0.39 is 6.67 Å². The number of nitrogens with one attached hydrogen (secondary N) is 1. The van der Waals surface area contributed by atoms with Gasteiger partial charge in [0.15, 0.2) is 0 Å². The van der Waals surface area contributed by atoms with E-state index in [0.717, 1.165) is 18.3 Å². The second-order valence-corrected chi connectivity index (χ2v) is 3.35. The molecular weight excluding hydrogens is 169 g/mol. The van der Waals surface area contributed by atoms with Gasteiger partial charge in [0.05, 0.1) is 5.69 Å². The standard InChI is InChI=1S/C9H12FN3/c10-4-8-3-9(13-6-12-8)11-5-7-1-2-7/h3,6-7H,1-2,4-5H2,(H,11,12,13). The minimum Gasteiger partial charge on any atom is -0.370 e. The maximum Gasteiger partial charge on any atom is 0.132 e. The summed E-state index contributed by atoms with van der Waals surface area (Å²) in [6.07, 6.45) is 3.99. The van der Waals surface area contributed by atoms with Crippen molar-refractivity contribution in [1.29, 1.82) is 0 Å². The minimum absolute atomic E-state index is 0.438. The van der Waals surface area contributed by atoms with Crippen LogP contribution in [0.15, 0.2) is 12.4 Å². The van der Waals surface area contributed by atoms with Crippen molar-refractivity contribution in [3.8, 4) is 0 Å². The van der Waals surface area contributed by atoms with Crippen LogP contribution in [0.1, 0.15) is 18.5 Å². The second-order valence-electron chi connectivity index (χ2n) is 3.35. The first kappa shape index (κ1) is 8.41. The van der Waals surface area contributed by atoms with Gasteiger partial charge in [0.25, 0.3) is 0 Å². The lowest BCUT2D eigenvalue weighted by Crippen LogP contribution is -2.05. The Bertz CT molecular complexity index is 286. The molecule has 1 N–H and O–H groups in total. The highest BCUT2D eigenvalue weighted by molar-refractivity contribution is 5.34. The van der Waals surface area contributed by atoms with Crippen LogP contribution >= 0.6 is 0 Å². The third kappa shape index (κ3) is 2.37. The molecule has 0 unspecified atom stereocenters. The van der Waals surface area contributed by atoms with Gasteiger partial charge in [-0.05, 0) is 18.8 Å². The van der Waals surface area contributed by atoms with E-state index in [9.17, 15) is 4.39 Å². The van der Waals surface area contributed by atoms with Gasteiger partial charge in [-0.3, -0.25) is 0 Å². The van der Waals surface area contributed by atoms with Crippen molar-refractivity contribution in [2.45, 2.75) is 19.5 Å². The van der Waals surface area contributed by atoms with E-state index >= 15 is 0 Å². The number of rotatable bonds is 4. The Morgan fingerprint density at radius 2 is 2.31 bits per heavy atom. The molecule has 0 atom stereocenters. The van der Waals surface area contributed by atoms with E-state index in [0.29, 0.717) is 5.69 Å². The molecule has 2 rings (SSSR count). The van der Waals surface area contributed by atoms with Gasteiger partial charge in [0.2, 0.25) is 0 Å². The average molecular weight is 181 g/mol. The highest BCUT2D eigenvalue weighted by Crippen LogP contribution is 2.28. The van der Waals surface area contributed by atoms with E-state index in [1.165, 1.54) is 19.2 Å². The Morgan fingerprint density at radius 1 is 1.46 bits per heavy atom. The lowest BCUT2D eigenvalue weighted by molar-refractivity contribution is 0.475. The zero-order chi connectivity index (χ0) is 9.10. The van der Waals surface area contributed by atoms with Crippen LogP contribution in [-0.4, -0.2) is 16.5 Å². The molecule has 0 amide bonds. The quantitative estimate of drug-likeness (QED) is 0.769. The molecule has 0 spiro atoms. The van der Waals surface area contributed by atoms with Crippen LogP contribution in [0.5, 0.6) is 0 Å². The van der Waals surface area contributed by atoms with Gasteiger partial charge in [-0.1, -0.05) is 0 Å². The molecule has 1 aliphatic carbocycles. The summed E-state index contributed by atoms with van der Waals surface area (Å²) in [6, 6.07) is 1.66. The van der Waals surface area contributed by atoms with E-state index in [1.54, 1.807) is 6.07 Å². The van der Waals surface area contributed by atoms with Crippen molar-refractivity contribution in [2.24, 2.45) is 5.92 Å². The lowest BCUT2D eigenvalue weighted by atomic mass is 10.4. The number of alkyl halides is 1. The molecule has 3 nitrogen and oxygen atoms in total. The third-order valence-electron chi connectivity index (χ3n) is 2.13. The molecule has 13 heavy (non-hydrogen) atoms. The molecule has 1 saturated carbocycles. The van der Waals surface area contributed by atoms with Crippen LogP contribution in [-0.2, 0) is 6.67 Å². The molecule has 0 saturated heterocycles. The molecule has 70 valence electrons. The fourth-order valence-corrected chi connectivity index (χ4v) is 1.14. The Labute approximate surface area is 76.4 Å². The summed E-state index contributed by atoms with van der Waals surface area (Å²) in [5, 5.41) is 3.16. The van der Waals surface area contributed by atoms with Gasteiger partial charge >= 0.3 is 0 Å².